The number of nitrogens with zero attached hydrogens (tertiary/aromatic N) is 2. The first-order valence-electron chi connectivity index (χ1n) is 7.13. The van der Waals surface area contributed by atoms with E-state index in [0.29, 0.717) is 6.04 Å². The zero-order chi connectivity index (χ0) is 13.9. The monoisotopic (exact) mass is 285 g/mol. The van der Waals surface area contributed by atoms with E-state index in [1.165, 1.54) is 25.7 Å². The summed E-state index contributed by atoms with van der Waals surface area (Å²) in [5, 5.41) is 5.21. The average molecular weight is 285 g/mol. The molecule has 0 unspecified atom stereocenters. The minimum absolute atomic E-state index is 0.0141. The van der Waals surface area contributed by atoms with Gasteiger partial charge in [-0.15, -0.1) is 0 Å². The van der Waals surface area contributed by atoms with Gasteiger partial charge in [0, 0.05) is 18.7 Å². The van der Waals surface area contributed by atoms with Gasteiger partial charge >= 0.3 is 0 Å². The van der Waals surface area contributed by atoms with Gasteiger partial charge in [-0.2, -0.15) is 0 Å². The summed E-state index contributed by atoms with van der Waals surface area (Å²) in [6.07, 6.45) is 10.6. The highest BCUT2D eigenvalue weighted by Gasteiger charge is 2.21. The predicted molar refractivity (Wildman–Crippen MR) is 74.3 cm³/mol. The van der Waals surface area contributed by atoms with E-state index in [9.17, 15) is 8.42 Å². The third-order valence-corrected chi connectivity index (χ3v) is 4.55. The molecule has 1 heterocycles. The number of aromatic nitrogens is 2. The third kappa shape index (κ3) is 3.57. The van der Waals surface area contributed by atoms with Crippen LogP contribution in [-0.4, -0.2) is 18.0 Å². The van der Waals surface area contributed by atoms with Gasteiger partial charge in [-0.3, -0.25) is 0 Å². The van der Waals surface area contributed by atoms with Gasteiger partial charge in [-0.25, -0.2) is 18.5 Å². The molecular formula is C13H23N3O2S. The molecule has 19 heavy (non-hydrogen) atoms. The van der Waals surface area contributed by atoms with Crippen molar-refractivity contribution in [1.82, 2.24) is 9.55 Å². The van der Waals surface area contributed by atoms with Crippen molar-refractivity contribution in [2.24, 2.45) is 5.14 Å². The van der Waals surface area contributed by atoms with Crippen molar-refractivity contribution < 1.29 is 8.42 Å². The summed E-state index contributed by atoms with van der Waals surface area (Å²) in [6, 6.07) is 0.382. The second-order valence-corrected chi connectivity index (χ2v) is 6.85. The fourth-order valence-corrected chi connectivity index (χ4v) is 3.30. The maximum atomic E-state index is 11.5. The average Bonchev–Trinajstić information content (AvgIpc) is 2.59. The van der Waals surface area contributed by atoms with Crippen LogP contribution in [0.15, 0.2) is 11.2 Å². The first-order valence-corrected chi connectivity index (χ1v) is 8.67. The smallest absolute Gasteiger partial charge is 0.257 e. The van der Waals surface area contributed by atoms with Crippen molar-refractivity contribution in [2.45, 2.75) is 69.4 Å². The maximum absolute atomic E-state index is 11.5. The Morgan fingerprint density at radius 2 is 1.95 bits per heavy atom. The number of hydrogen-bond donors (Lipinski definition) is 1. The molecule has 108 valence electrons. The van der Waals surface area contributed by atoms with E-state index in [1.807, 2.05) is 0 Å². The van der Waals surface area contributed by atoms with Gasteiger partial charge in [0.1, 0.15) is 5.82 Å². The van der Waals surface area contributed by atoms with E-state index < -0.39 is 10.0 Å². The van der Waals surface area contributed by atoms with Crippen LogP contribution in [0, 0.1) is 0 Å². The molecule has 5 nitrogen and oxygen atoms in total. The summed E-state index contributed by atoms with van der Waals surface area (Å²) in [4.78, 5) is 4.23. The molecule has 1 aliphatic carbocycles. The first-order chi connectivity index (χ1) is 9.02. The lowest BCUT2D eigenvalue weighted by Gasteiger charge is -2.18. The van der Waals surface area contributed by atoms with E-state index >= 15 is 0 Å². The fourth-order valence-electron chi connectivity index (χ4n) is 2.81. The lowest BCUT2D eigenvalue weighted by atomic mass is 10.1. The van der Waals surface area contributed by atoms with Crippen LogP contribution < -0.4 is 5.14 Å². The van der Waals surface area contributed by atoms with Crippen LogP contribution >= 0.6 is 0 Å². The maximum Gasteiger partial charge on any atom is 0.257 e. The Morgan fingerprint density at radius 1 is 1.32 bits per heavy atom. The zero-order valence-corrected chi connectivity index (χ0v) is 12.3. The number of primary sulfonamides is 1. The van der Waals surface area contributed by atoms with Crippen LogP contribution in [0.2, 0.25) is 0 Å². The normalized spacial score (nSPS) is 18.4. The van der Waals surface area contributed by atoms with Gasteiger partial charge in [0.2, 0.25) is 0 Å². The zero-order valence-electron chi connectivity index (χ0n) is 11.5. The molecule has 1 aromatic heterocycles. The molecule has 0 bridgehead atoms. The topological polar surface area (TPSA) is 78.0 Å². The van der Waals surface area contributed by atoms with Crippen LogP contribution in [0.25, 0.3) is 0 Å². The van der Waals surface area contributed by atoms with Crippen LogP contribution in [0.3, 0.4) is 0 Å². The molecular weight excluding hydrogens is 262 g/mol. The van der Waals surface area contributed by atoms with Gasteiger partial charge < -0.3 is 4.57 Å². The SMILES string of the molecule is CCCc1nc(S(N)(=O)=O)cn1C1CCCCCC1. The number of imidazole rings is 1. The Balaban J connectivity index is 2.33. The number of aryl methyl sites for hydroxylation is 1. The van der Waals surface area contributed by atoms with Gasteiger partial charge in [-0.1, -0.05) is 32.6 Å². The third-order valence-electron chi connectivity index (χ3n) is 3.77. The molecule has 6 heteroatoms. The summed E-state index contributed by atoms with van der Waals surface area (Å²) in [6.45, 7) is 2.07. The summed E-state index contributed by atoms with van der Waals surface area (Å²) in [5.41, 5.74) is 0. The molecule has 0 radical (unpaired) electrons. The summed E-state index contributed by atoms with van der Waals surface area (Å²) in [5.74, 6) is 0.860. The molecule has 2 N–H and O–H groups in total. The molecule has 0 saturated heterocycles. The molecule has 1 fully saturated rings. The van der Waals surface area contributed by atoms with E-state index in [1.54, 1.807) is 6.20 Å². The minimum Gasteiger partial charge on any atom is -0.330 e. The summed E-state index contributed by atoms with van der Waals surface area (Å²) >= 11 is 0. The second kappa shape index (κ2) is 6.05. The Labute approximate surface area is 115 Å². The number of rotatable bonds is 4. The highest BCUT2D eigenvalue weighted by Crippen LogP contribution is 2.29. The number of hydrogen-bond acceptors (Lipinski definition) is 3. The fraction of sp³-hybridized carbons (Fsp3) is 0.769. The summed E-state index contributed by atoms with van der Waals surface area (Å²) in [7, 11) is -3.70. The molecule has 0 aromatic carbocycles. The van der Waals surface area contributed by atoms with Gasteiger partial charge in [0.15, 0.2) is 5.03 Å². The Bertz CT molecular complexity index is 514. The quantitative estimate of drug-likeness (QED) is 0.863. The molecule has 1 saturated carbocycles. The Kier molecular flexibility index (Phi) is 4.62. The van der Waals surface area contributed by atoms with Crippen molar-refractivity contribution in [3.05, 3.63) is 12.0 Å². The van der Waals surface area contributed by atoms with E-state index in [4.69, 9.17) is 5.14 Å². The minimum atomic E-state index is -3.70. The highest BCUT2D eigenvalue weighted by atomic mass is 32.2. The van der Waals surface area contributed by atoms with Gasteiger partial charge in [0.25, 0.3) is 10.0 Å². The molecule has 0 amide bonds. The molecule has 0 aliphatic heterocycles. The van der Waals surface area contributed by atoms with Crippen LogP contribution in [0.4, 0.5) is 0 Å². The van der Waals surface area contributed by atoms with E-state index in [0.717, 1.165) is 31.5 Å². The molecule has 1 aliphatic rings. The van der Waals surface area contributed by atoms with Crippen molar-refractivity contribution in [3.8, 4) is 0 Å². The highest BCUT2D eigenvalue weighted by molar-refractivity contribution is 7.89. The van der Waals surface area contributed by atoms with Crippen molar-refractivity contribution in [2.75, 3.05) is 0 Å². The lowest BCUT2D eigenvalue weighted by Crippen LogP contribution is -2.12. The molecule has 0 atom stereocenters. The number of sulfonamides is 1. The molecule has 1 aromatic rings. The Hall–Kier alpha value is -0.880. The first kappa shape index (κ1) is 14.5. The van der Waals surface area contributed by atoms with E-state index in [2.05, 4.69) is 16.5 Å². The van der Waals surface area contributed by atoms with Crippen molar-refractivity contribution >= 4 is 10.0 Å². The predicted octanol–water partition coefficient (Wildman–Crippen LogP) is 2.38. The van der Waals surface area contributed by atoms with Gasteiger partial charge in [-0.05, 0) is 19.3 Å². The van der Waals surface area contributed by atoms with Crippen molar-refractivity contribution in [3.63, 3.8) is 0 Å². The summed E-state index contributed by atoms with van der Waals surface area (Å²) < 4.78 is 25.0. The second-order valence-electron chi connectivity index (χ2n) is 5.34. The largest absolute Gasteiger partial charge is 0.330 e. The van der Waals surface area contributed by atoms with Crippen molar-refractivity contribution in [1.29, 1.82) is 0 Å². The van der Waals surface area contributed by atoms with E-state index in [-0.39, 0.29) is 5.03 Å². The van der Waals surface area contributed by atoms with Crippen LogP contribution in [0.1, 0.15) is 63.7 Å². The molecule has 0 spiro atoms. The lowest BCUT2D eigenvalue weighted by molar-refractivity contribution is 0.428. The number of nitrogens with two attached hydrogens (primary N) is 1. The molecule has 2 rings (SSSR count). The Morgan fingerprint density at radius 3 is 2.47 bits per heavy atom. The van der Waals surface area contributed by atoms with Gasteiger partial charge in [0.05, 0.1) is 0 Å². The standard InChI is InChI=1S/C13H23N3O2S/c1-2-7-12-15-13(19(14,17)18)10-16(12)11-8-5-3-4-6-9-11/h10-11H,2-9H2,1H3,(H2,14,17,18). The van der Waals surface area contributed by atoms with Crippen LogP contribution in [0.5, 0.6) is 0 Å². The van der Waals surface area contributed by atoms with Crippen LogP contribution in [-0.2, 0) is 16.4 Å².